The molecule has 2 aromatic carbocycles. The Bertz CT molecular complexity index is 860. The number of ether oxygens (including phenoxy) is 2. The van der Waals surface area contributed by atoms with Crippen molar-refractivity contribution < 1.29 is 14.3 Å². The summed E-state index contributed by atoms with van der Waals surface area (Å²) in [5, 5.41) is 0.533. The molecular weight excluding hydrogens is 328 g/mol. The number of esters is 1. The van der Waals surface area contributed by atoms with Crippen LogP contribution in [-0.2, 0) is 22.7 Å². The van der Waals surface area contributed by atoms with E-state index < -0.39 is 0 Å². The third-order valence-corrected chi connectivity index (χ3v) is 3.83. The number of halogens is 1. The maximum Gasteiger partial charge on any atom is 0.326 e. The molecule has 0 unspecified atom stereocenters. The van der Waals surface area contributed by atoms with Crippen molar-refractivity contribution in [3.63, 3.8) is 0 Å². The SMILES string of the molecule is CCOC(=O)Cn1c(COc2ccccc2Cl)nc2ccccc21. The van der Waals surface area contributed by atoms with Gasteiger partial charge < -0.3 is 14.0 Å². The van der Waals surface area contributed by atoms with Crippen LogP contribution in [0.1, 0.15) is 12.7 Å². The molecule has 0 fully saturated rings. The Morgan fingerprint density at radius 1 is 1.17 bits per heavy atom. The van der Waals surface area contributed by atoms with Gasteiger partial charge in [0.15, 0.2) is 0 Å². The monoisotopic (exact) mass is 344 g/mol. The smallest absolute Gasteiger partial charge is 0.326 e. The lowest BCUT2D eigenvalue weighted by Gasteiger charge is -2.10. The van der Waals surface area contributed by atoms with E-state index in [1.54, 1.807) is 19.1 Å². The molecule has 0 atom stereocenters. The quantitative estimate of drug-likeness (QED) is 0.638. The van der Waals surface area contributed by atoms with Crippen molar-refractivity contribution in [3.8, 4) is 5.75 Å². The number of carbonyl (C=O) groups is 1. The van der Waals surface area contributed by atoms with E-state index in [0.29, 0.717) is 23.2 Å². The van der Waals surface area contributed by atoms with E-state index in [4.69, 9.17) is 21.1 Å². The lowest BCUT2D eigenvalue weighted by atomic mass is 10.3. The van der Waals surface area contributed by atoms with Crippen molar-refractivity contribution in [2.45, 2.75) is 20.1 Å². The minimum atomic E-state index is -0.306. The molecule has 1 aromatic heterocycles. The number of carbonyl (C=O) groups excluding carboxylic acids is 1. The molecule has 0 radical (unpaired) electrons. The van der Waals surface area contributed by atoms with Crippen LogP contribution in [0.15, 0.2) is 48.5 Å². The summed E-state index contributed by atoms with van der Waals surface area (Å²) in [6.07, 6.45) is 0. The fourth-order valence-corrected chi connectivity index (χ4v) is 2.64. The summed E-state index contributed by atoms with van der Waals surface area (Å²) < 4.78 is 12.6. The van der Waals surface area contributed by atoms with Gasteiger partial charge in [0.2, 0.25) is 0 Å². The summed E-state index contributed by atoms with van der Waals surface area (Å²) >= 11 is 6.11. The molecule has 124 valence electrons. The predicted octanol–water partition coefficient (Wildman–Crippen LogP) is 3.83. The topological polar surface area (TPSA) is 53.4 Å². The first-order chi connectivity index (χ1) is 11.7. The summed E-state index contributed by atoms with van der Waals surface area (Å²) in [6, 6.07) is 14.9. The zero-order chi connectivity index (χ0) is 16.9. The van der Waals surface area contributed by atoms with Crippen molar-refractivity contribution in [3.05, 3.63) is 59.4 Å². The molecule has 0 N–H and O–H groups in total. The van der Waals surface area contributed by atoms with Gasteiger partial charge in [-0.15, -0.1) is 0 Å². The van der Waals surface area contributed by atoms with Crippen LogP contribution in [-0.4, -0.2) is 22.1 Å². The molecule has 24 heavy (non-hydrogen) atoms. The lowest BCUT2D eigenvalue weighted by Crippen LogP contribution is -2.16. The lowest BCUT2D eigenvalue weighted by molar-refractivity contribution is -0.143. The molecule has 0 aliphatic carbocycles. The van der Waals surface area contributed by atoms with E-state index in [-0.39, 0.29) is 19.1 Å². The van der Waals surface area contributed by atoms with Crippen LogP contribution in [0.3, 0.4) is 0 Å². The summed E-state index contributed by atoms with van der Waals surface area (Å²) in [4.78, 5) is 16.5. The van der Waals surface area contributed by atoms with E-state index in [1.165, 1.54) is 0 Å². The highest BCUT2D eigenvalue weighted by Gasteiger charge is 2.15. The van der Waals surface area contributed by atoms with Crippen molar-refractivity contribution in [1.29, 1.82) is 0 Å². The molecule has 6 heteroatoms. The summed E-state index contributed by atoms with van der Waals surface area (Å²) in [5.74, 6) is 0.915. The van der Waals surface area contributed by atoms with Crippen LogP contribution in [0.25, 0.3) is 11.0 Å². The third kappa shape index (κ3) is 3.51. The van der Waals surface area contributed by atoms with E-state index in [9.17, 15) is 4.79 Å². The molecule has 3 aromatic rings. The fourth-order valence-electron chi connectivity index (χ4n) is 2.45. The number of rotatable bonds is 6. The van der Waals surface area contributed by atoms with Gasteiger partial charge in [0, 0.05) is 0 Å². The van der Waals surface area contributed by atoms with Crippen molar-refractivity contribution in [1.82, 2.24) is 9.55 Å². The second-order valence-electron chi connectivity index (χ2n) is 5.13. The minimum absolute atomic E-state index is 0.0928. The van der Waals surface area contributed by atoms with Gasteiger partial charge in [-0.3, -0.25) is 4.79 Å². The second kappa shape index (κ2) is 7.36. The summed E-state index contributed by atoms with van der Waals surface area (Å²) in [5.41, 5.74) is 1.67. The molecule has 0 saturated carbocycles. The van der Waals surface area contributed by atoms with Crippen LogP contribution < -0.4 is 4.74 Å². The molecule has 0 aliphatic rings. The van der Waals surface area contributed by atoms with Gasteiger partial charge >= 0.3 is 5.97 Å². The number of imidazole rings is 1. The van der Waals surface area contributed by atoms with E-state index >= 15 is 0 Å². The number of nitrogens with zero attached hydrogens (tertiary/aromatic N) is 2. The Morgan fingerprint density at radius 3 is 2.71 bits per heavy atom. The number of hydrogen-bond acceptors (Lipinski definition) is 4. The highest BCUT2D eigenvalue weighted by molar-refractivity contribution is 6.32. The average Bonchev–Trinajstić information content (AvgIpc) is 2.92. The number of benzene rings is 2. The van der Waals surface area contributed by atoms with Crippen LogP contribution in [0.5, 0.6) is 5.75 Å². The largest absolute Gasteiger partial charge is 0.484 e. The predicted molar refractivity (Wildman–Crippen MR) is 92.2 cm³/mol. The van der Waals surface area contributed by atoms with E-state index in [0.717, 1.165) is 11.0 Å². The summed E-state index contributed by atoms with van der Waals surface area (Å²) in [6.45, 7) is 2.43. The van der Waals surface area contributed by atoms with Gasteiger partial charge in [-0.1, -0.05) is 35.9 Å². The Morgan fingerprint density at radius 2 is 1.92 bits per heavy atom. The zero-order valence-electron chi connectivity index (χ0n) is 13.2. The Hall–Kier alpha value is -2.53. The fraction of sp³-hybridized carbons (Fsp3) is 0.222. The molecule has 0 spiro atoms. The Labute approximate surface area is 144 Å². The standard InChI is InChI=1S/C18H17ClN2O3/c1-2-23-18(22)11-21-15-9-5-4-8-14(15)20-17(21)12-24-16-10-6-3-7-13(16)19/h3-10H,2,11-12H2,1H3. The number of para-hydroxylation sites is 3. The number of aromatic nitrogens is 2. The normalized spacial score (nSPS) is 10.8. The van der Waals surface area contributed by atoms with Gasteiger partial charge in [0.1, 0.15) is 24.7 Å². The van der Waals surface area contributed by atoms with Gasteiger partial charge in [0.05, 0.1) is 22.7 Å². The maximum atomic E-state index is 11.9. The van der Waals surface area contributed by atoms with E-state index in [1.807, 2.05) is 41.0 Å². The second-order valence-corrected chi connectivity index (χ2v) is 5.53. The molecule has 0 bridgehead atoms. The van der Waals surface area contributed by atoms with Crippen molar-refractivity contribution >= 4 is 28.6 Å². The number of hydrogen-bond donors (Lipinski definition) is 0. The average molecular weight is 345 g/mol. The van der Waals surface area contributed by atoms with Gasteiger partial charge in [-0.05, 0) is 31.2 Å². The Balaban J connectivity index is 1.88. The van der Waals surface area contributed by atoms with Crippen LogP contribution in [0, 0.1) is 0 Å². The van der Waals surface area contributed by atoms with Crippen LogP contribution >= 0.6 is 11.6 Å². The first-order valence-corrected chi connectivity index (χ1v) is 8.04. The van der Waals surface area contributed by atoms with Gasteiger partial charge in [0.25, 0.3) is 0 Å². The van der Waals surface area contributed by atoms with Crippen LogP contribution in [0.2, 0.25) is 5.02 Å². The first kappa shape index (κ1) is 16.3. The molecular formula is C18H17ClN2O3. The highest BCUT2D eigenvalue weighted by atomic mass is 35.5. The van der Waals surface area contributed by atoms with Crippen LogP contribution in [0.4, 0.5) is 0 Å². The van der Waals surface area contributed by atoms with Gasteiger partial charge in [-0.2, -0.15) is 0 Å². The highest BCUT2D eigenvalue weighted by Crippen LogP contribution is 2.25. The zero-order valence-corrected chi connectivity index (χ0v) is 14.0. The van der Waals surface area contributed by atoms with Gasteiger partial charge in [-0.25, -0.2) is 4.98 Å². The summed E-state index contributed by atoms with van der Waals surface area (Å²) in [7, 11) is 0. The molecule has 0 amide bonds. The first-order valence-electron chi connectivity index (χ1n) is 7.66. The molecule has 5 nitrogen and oxygen atoms in total. The minimum Gasteiger partial charge on any atom is -0.484 e. The molecule has 3 rings (SSSR count). The molecule has 1 heterocycles. The van der Waals surface area contributed by atoms with Crippen molar-refractivity contribution in [2.24, 2.45) is 0 Å². The van der Waals surface area contributed by atoms with E-state index in [2.05, 4.69) is 4.98 Å². The molecule has 0 saturated heterocycles. The van der Waals surface area contributed by atoms with Crippen molar-refractivity contribution in [2.75, 3.05) is 6.61 Å². The Kier molecular flexibility index (Phi) is 5.01. The third-order valence-electron chi connectivity index (χ3n) is 3.52. The molecule has 0 aliphatic heterocycles. The maximum absolute atomic E-state index is 11.9. The number of fused-ring (bicyclic) bond motifs is 1.